The highest BCUT2D eigenvalue weighted by atomic mass is 19.3. The Bertz CT molecular complexity index is 1420. The van der Waals surface area contributed by atoms with Gasteiger partial charge in [-0.15, -0.1) is 5.10 Å². The Morgan fingerprint density at radius 2 is 1.81 bits per heavy atom. The van der Waals surface area contributed by atoms with Gasteiger partial charge in [0.05, 0.1) is 6.54 Å². The Morgan fingerprint density at radius 1 is 1.08 bits per heavy atom. The number of benzene rings is 2. The van der Waals surface area contributed by atoms with Crippen LogP contribution in [0.25, 0.3) is 11.5 Å². The van der Waals surface area contributed by atoms with Gasteiger partial charge in [-0.2, -0.15) is 4.98 Å². The predicted octanol–water partition coefficient (Wildman–Crippen LogP) is 3.95. The van der Waals surface area contributed by atoms with Gasteiger partial charge in [0.2, 0.25) is 0 Å². The van der Waals surface area contributed by atoms with Crippen molar-refractivity contribution in [2.75, 3.05) is 0 Å². The van der Waals surface area contributed by atoms with E-state index >= 15 is 8.78 Å². The summed E-state index contributed by atoms with van der Waals surface area (Å²) in [5.41, 5.74) is -4.14. The second kappa shape index (κ2) is 7.42. The molecule has 8 nitrogen and oxygen atoms in total. The van der Waals surface area contributed by atoms with Gasteiger partial charge in [-0.1, -0.05) is 17.3 Å². The fourth-order valence-electron chi connectivity index (χ4n) is 5.91. The van der Waals surface area contributed by atoms with Crippen LogP contribution in [0.5, 0.6) is 0 Å². The maximum Gasteiger partial charge on any atom is 0.287 e. The van der Waals surface area contributed by atoms with E-state index in [1.165, 1.54) is 0 Å². The molecule has 2 heterocycles. The minimum atomic E-state index is -3.77. The Labute approximate surface area is 202 Å². The number of aromatic nitrogens is 6. The normalized spacial score (nSPS) is 24.6. The molecule has 2 aromatic carbocycles. The molecular formula is C24H20F4N6O2. The first-order valence-electron chi connectivity index (χ1n) is 11.3. The molecule has 2 aromatic heterocycles. The van der Waals surface area contributed by atoms with Crippen molar-refractivity contribution in [3.63, 3.8) is 0 Å². The summed E-state index contributed by atoms with van der Waals surface area (Å²) in [6, 6.07) is 9.47. The van der Waals surface area contributed by atoms with Gasteiger partial charge in [-0.25, -0.2) is 22.2 Å². The van der Waals surface area contributed by atoms with Gasteiger partial charge in [0.15, 0.2) is 11.4 Å². The highest BCUT2D eigenvalue weighted by molar-refractivity contribution is 5.55. The van der Waals surface area contributed by atoms with E-state index in [4.69, 9.17) is 4.52 Å². The van der Waals surface area contributed by atoms with E-state index in [-0.39, 0.29) is 19.3 Å². The molecular weight excluding hydrogens is 480 g/mol. The van der Waals surface area contributed by atoms with Crippen molar-refractivity contribution in [1.29, 1.82) is 0 Å². The van der Waals surface area contributed by atoms with Crippen molar-refractivity contribution in [3.05, 3.63) is 77.4 Å². The van der Waals surface area contributed by atoms with Gasteiger partial charge < -0.3 is 9.63 Å². The molecule has 4 aromatic rings. The van der Waals surface area contributed by atoms with Crippen LogP contribution in [0.4, 0.5) is 17.6 Å². The first kappa shape index (κ1) is 22.8. The Balaban J connectivity index is 1.30. The summed E-state index contributed by atoms with van der Waals surface area (Å²) >= 11 is 0. The van der Waals surface area contributed by atoms with Crippen LogP contribution in [0.15, 0.2) is 53.3 Å². The second-order valence-corrected chi connectivity index (χ2v) is 9.88. The van der Waals surface area contributed by atoms with Crippen LogP contribution in [0.3, 0.4) is 0 Å². The zero-order valence-corrected chi connectivity index (χ0v) is 19.0. The van der Waals surface area contributed by atoms with Crippen LogP contribution in [0.2, 0.25) is 0 Å². The van der Waals surface area contributed by atoms with Crippen LogP contribution >= 0.6 is 0 Å². The number of aryl methyl sites for hydroxylation is 1. The molecule has 36 heavy (non-hydrogen) atoms. The Kier molecular flexibility index (Phi) is 4.69. The zero-order chi connectivity index (χ0) is 25.3. The lowest BCUT2D eigenvalue weighted by atomic mass is 9.30. The van der Waals surface area contributed by atoms with Gasteiger partial charge in [-0.05, 0) is 71.9 Å². The quantitative estimate of drug-likeness (QED) is 0.383. The predicted molar refractivity (Wildman–Crippen MR) is 115 cm³/mol. The van der Waals surface area contributed by atoms with E-state index in [1.807, 2.05) is 12.1 Å². The van der Waals surface area contributed by atoms with Crippen LogP contribution in [-0.4, -0.2) is 41.4 Å². The van der Waals surface area contributed by atoms with Crippen LogP contribution < -0.4 is 0 Å². The summed E-state index contributed by atoms with van der Waals surface area (Å²) in [6.45, 7) is 0.907. The van der Waals surface area contributed by atoms with Gasteiger partial charge in [0.1, 0.15) is 18.0 Å². The Hall–Kier alpha value is -3.67. The number of nitrogens with zero attached hydrogens (tertiary/aromatic N) is 6. The Morgan fingerprint density at radius 3 is 2.39 bits per heavy atom. The van der Waals surface area contributed by atoms with Gasteiger partial charge >= 0.3 is 0 Å². The third kappa shape index (κ3) is 3.06. The molecule has 1 N–H and O–H groups in total. The number of rotatable bonds is 7. The van der Waals surface area contributed by atoms with E-state index in [0.717, 1.165) is 28.7 Å². The third-order valence-electron chi connectivity index (χ3n) is 7.65. The number of halogens is 4. The SMILES string of the molecule is Cc1noc(-c2ccc(C34CC(C(F)(F)[C@@](O)(Cn5cnnn5)c5ccc(F)cc5F)(C3)C4)cc2)n1. The first-order chi connectivity index (χ1) is 17.1. The standard InChI is InChI=1S/C24H20F4N6O2/c1-14-30-20(36-31-14)15-2-4-16(5-3-15)21-9-22(10-21,11-21)24(27,28)23(35,12-34-13-29-32-33-34)18-7-6-17(25)8-19(18)26/h2-8,13,35H,9-12H2,1H3/t21?,22?,23-/m1/s1. The van der Waals surface area contributed by atoms with Crippen molar-refractivity contribution in [1.82, 2.24) is 30.3 Å². The van der Waals surface area contributed by atoms with E-state index in [9.17, 15) is 13.9 Å². The van der Waals surface area contributed by atoms with Gasteiger partial charge in [0, 0.05) is 22.6 Å². The van der Waals surface area contributed by atoms with Crippen molar-refractivity contribution in [2.24, 2.45) is 5.41 Å². The lowest BCUT2D eigenvalue weighted by Crippen LogP contribution is -2.76. The summed E-state index contributed by atoms with van der Waals surface area (Å²) in [7, 11) is 0. The van der Waals surface area contributed by atoms with E-state index in [0.29, 0.717) is 23.3 Å². The molecule has 0 amide bonds. The van der Waals surface area contributed by atoms with Gasteiger partial charge in [-0.3, -0.25) is 0 Å². The van der Waals surface area contributed by atoms with Crippen LogP contribution in [-0.2, 0) is 17.6 Å². The highest BCUT2D eigenvalue weighted by Crippen LogP contribution is 2.80. The first-order valence-corrected chi connectivity index (χ1v) is 11.3. The molecule has 3 saturated carbocycles. The summed E-state index contributed by atoms with van der Waals surface area (Å²) in [5, 5.41) is 25.6. The summed E-state index contributed by atoms with van der Waals surface area (Å²) in [5.74, 6) is -5.10. The van der Waals surface area contributed by atoms with Crippen molar-refractivity contribution >= 4 is 0 Å². The van der Waals surface area contributed by atoms with Crippen LogP contribution in [0.1, 0.15) is 36.2 Å². The summed E-state index contributed by atoms with van der Waals surface area (Å²) in [6.07, 6.45) is 1.37. The average Bonchev–Trinajstić information content (AvgIpc) is 3.43. The number of hydrogen-bond donors (Lipinski definition) is 1. The van der Waals surface area contributed by atoms with Crippen molar-refractivity contribution in [3.8, 4) is 11.5 Å². The van der Waals surface area contributed by atoms with E-state index < -0.39 is 46.1 Å². The minimum absolute atomic E-state index is 0.104. The topological polar surface area (TPSA) is 103 Å². The molecule has 0 spiro atoms. The van der Waals surface area contributed by atoms with Crippen LogP contribution in [0, 0.1) is 24.0 Å². The molecule has 0 saturated heterocycles. The van der Waals surface area contributed by atoms with E-state index in [1.54, 1.807) is 19.1 Å². The molecule has 3 aliphatic rings. The van der Waals surface area contributed by atoms with E-state index in [2.05, 4.69) is 25.7 Å². The maximum atomic E-state index is 16.3. The number of aliphatic hydroxyl groups is 1. The van der Waals surface area contributed by atoms with Crippen molar-refractivity contribution in [2.45, 2.75) is 49.7 Å². The summed E-state index contributed by atoms with van der Waals surface area (Å²) in [4.78, 5) is 4.18. The monoisotopic (exact) mass is 500 g/mol. The number of hydrogen-bond acceptors (Lipinski definition) is 7. The summed E-state index contributed by atoms with van der Waals surface area (Å²) < 4.78 is 66.9. The fourth-order valence-corrected chi connectivity index (χ4v) is 5.91. The molecule has 2 bridgehead atoms. The largest absolute Gasteiger partial charge is 0.377 e. The fraction of sp³-hybridized carbons (Fsp3) is 0.375. The molecule has 12 heteroatoms. The minimum Gasteiger partial charge on any atom is -0.377 e. The van der Waals surface area contributed by atoms with Gasteiger partial charge in [0.25, 0.3) is 11.8 Å². The third-order valence-corrected chi connectivity index (χ3v) is 7.65. The maximum absolute atomic E-state index is 16.3. The number of alkyl halides is 2. The number of tetrazole rings is 1. The molecule has 0 aliphatic heterocycles. The molecule has 3 aliphatic carbocycles. The molecule has 0 radical (unpaired) electrons. The molecule has 186 valence electrons. The molecule has 7 rings (SSSR count). The van der Waals surface area contributed by atoms with Crippen molar-refractivity contribution < 1.29 is 27.2 Å². The second-order valence-electron chi connectivity index (χ2n) is 9.88. The molecule has 3 fully saturated rings. The smallest absolute Gasteiger partial charge is 0.287 e. The molecule has 0 unspecified atom stereocenters. The lowest BCUT2D eigenvalue weighted by Gasteiger charge is -2.74. The lowest BCUT2D eigenvalue weighted by molar-refractivity contribution is -0.347. The average molecular weight is 500 g/mol. The zero-order valence-electron chi connectivity index (χ0n) is 19.0. The highest BCUT2D eigenvalue weighted by Gasteiger charge is 2.82. The molecule has 1 atom stereocenters.